The van der Waals surface area contributed by atoms with Crippen molar-refractivity contribution in [1.29, 1.82) is 0 Å². The Kier molecular flexibility index (Phi) is 4.25. The van der Waals surface area contributed by atoms with Gasteiger partial charge in [0.15, 0.2) is 5.79 Å². The Morgan fingerprint density at radius 2 is 2.11 bits per heavy atom. The van der Waals surface area contributed by atoms with E-state index in [9.17, 15) is 4.79 Å². The third-order valence-corrected chi connectivity index (χ3v) is 4.14. The number of carboxylic acids is 1. The van der Waals surface area contributed by atoms with Gasteiger partial charge in [0.1, 0.15) is 0 Å². The zero-order chi connectivity index (χ0) is 13.2. The maximum Gasteiger partial charge on any atom is 0.306 e. The Balaban J connectivity index is 1.87. The number of aliphatic carboxylic acids is 1. The fourth-order valence-electron chi connectivity index (χ4n) is 2.94. The Bertz CT molecular complexity index is 301. The standard InChI is InChI=1S/C13H23NO4/c1-3-14-6-4-10(5-7-14)13(2)17-9-11(18-13)8-12(15)16/h10-11H,3-9H2,1-2H3,(H,15,16). The Labute approximate surface area is 108 Å². The van der Waals surface area contributed by atoms with E-state index in [1.165, 1.54) is 0 Å². The summed E-state index contributed by atoms with van der Waals surface area (Å²) in [5.74, 6) is -1.03. The van der Waals surface area contributed by atoms with Crippen LogP contribution in [0.15, 0.2) is 0 Å². The van der Waals surface area contributed by atoms with Gasteiger partial charge in [-0.1, -0.05) is 6.92 Å². The zero-order valence-electron chi connectivity index (χ0n) is 11.2. The summed E-state index contributed by atoms with van der Waals surface area (Å²) in [6.07, 6.45) is 1.86. The summed E-state index contributed by atoms with van der Waals surface area (Å²) in [7, 11) is 0. The maximum absolute atomic E-state index is 10.7. The molecule has 2 atom stereocenters. The van der Waals surface area contributed by atoms with Gasteiger partial charge in [-0.3, -0.25) is 4.79 Å². The lowest BCUT2D eigenvalue weighted by Gasteiger charge is -2.39. The second kappa shape index (κ2) is 5.55. The van der Waals surface area contributed by atoms with Crippen molar-refractivity contribution in [2.24, 2.45) is 5.92 Å². The first kappa shape index (κ1) is 13.8. The molecule has 0 saturated carbocycles. The SMILES string of the molecule is CCN1CCC(C2(C)OCC(CC(=O)O)O2)CC1. The lowest BCUT2D eigenvalue weighted by atomic mass is 9.89. The lowest BCUT2D eigenvalue weighted by Crippen LogP contribution is -2.44. The largest absolute Gasteiger partial charge is 0.481 e. The minimum absolute atomic E-state index is 0.0311. The summed E-state index contributed by atoms with van der Waals surface area (Å²) in [5, 5.41) is 8.78. The van der Waals surface area contributed by atoms with Crippen molar-refractivity contribution in [3.63, 3.8) is 0 Å². The van der Waals surface area contributed by atoms with Gasteiger partial charge in [-0.25, -0.2) is 0 Å². The van der Waals surface area contributed by atoms with Gasteiger partial charge in [-0.15, -0.1) is 0 Å². The molecule has 104 valence electrons. The molecule has 2 saturated heterocycles. The summed E-state index contributed by atoms with van der Waals surface area (Å²) >= 11 is 0. The Morgan fingerprint density at radius 3 is 2.67 bits per heavy atom. The summed E-state index contributed by atoms with van der Waals surface area (Å²) in [5.41, 5.74) is 0. The number of hydrogen-bond donors (Lipinski definition) is 1. The normalized spacial score (nSPS) is 34.9. The minimum Gasteiger partial charge on any atom is -0.481 e. The molecule has 0 amide bonds. The minimum atomic E-state index is -0.825. The highest BCUT2D eigenvalue weighted by Gasteiger charge is 2.45. The molecule has 2 rings (SSSR count). The van der Waals surface area contributed by atoms with Crippen LogP contribution in [0.25, 0.3) is 0 Å². The van der Waals surface area contributed by atoms with Crippen molar-refractivity contribution in [3.05, 3.63) is 0 Å². The van der Waals surface area contributed by atoms with Gasteiger partial charge in [0.05, 0.1) is 19.1 Å². The van der Waals surface area contributed by atoms with Gasteiger partial charge < -0.3 is 19.5 Å². The van der Waals surface area contributed by atoms with E-state index >= 15 is 0 Å². The average molecular weight is 257 g/mol. The van der Waals surface area contributed by atoms with Crippen LogP contribution in [0.3, 0.4) is 0 Å². The van der Waals surface area contributed by atoms with Gasteiger partial charge in [-0.05, 0) is 39.4 Å². The van der Waals surface area contributed by atoms with E-state index in [4.69, 9.17) is 14.6 Å². The summed E-state index contributed by atoms with van der Waals surface area (Å²) < 4.78 is 11.6. The molecule has 2 fully saturated rings. The van der Waals surface area contributed by atoms with Gasteiger partial charge in [0, 0.05) is 5.92 Å². The predicted molar refractivity (Wildman–Crippen MR) is 66.3 cm³/mol. The van der Waals surface area contributed by atoms with E-state index in [1.807, 2.05) is 6.92 Å². The average Bonchev–Trinajstić information content (AvgIpc) is 2.71. The van der Waals surface area contributed by atoms with Crippen molar-refractivity contribution in [2.75, 3.05) is 26.2 Å². The predicted octanol–water partition coefficient (Wildman–Crippen LogP) is 1.32. The van der Waals surface area contributed by atoms with Gasteiger partial charge in [0.2, 0.25) is 0 Å². The van der Waals surface area contributed by atoms with Crippen LogP contribution in [-0.4, -0.2) is 54.1 Å². The molecule has 5 nitrogen and oxygen atoms in total. The quantitative estimate of drug-likeness (QED) is 0.823. The number of ether oxygens (including phenoxy) is 2. The molecular weight excluding hydrogens is 234 g/mol. The molecule has 5 heteroatoms. The van der Waals surface area contributed by atoms with E-state index in [0.29, 0.717) is 12.5 Å². The number of likely N-dealkylation sites (tertiary alicyclic amines) is 1. The van der Waals surface area contributed by atoms with Crippen molar-refractivity contribution < 1.29 is 19.4 Å². The Hall–Kier alpha value is -0.650. The molecule has 0 radical (unpaired) electrons. The van der Waals surface area contributed by atoms with Crippen LogP contribution in [-0.2, 0) is 14.3 Å². The number of hydrogen-bond acceptors (Lipinski definition) is 4. The fraction of sp³-hybridized carbons (Fsp3) is 0.923. The highest BCUT2D eigenvalue weighted by molar-refractivity contribution is 5.67. The van der Waals surface area contributed by atoms with Gasteiger partial charge in [-0.2, -0.15) is 0 Å². The molecule has 0 bridgehead atoms. The molecule has 0 aromatic carbocycles. The summed E-state index contributed by atoms with van der Waals surface area (Å²) in [6.45, 7) is 7.78. The van der Waals surface area contributed by atoms with Crippen molar-refractivity contribution in [3.8, 4) is 0 Å². The topological polar surface area (TPSA) is 59.0 Å². The molecule has 0 aromatic heterocycles. The monoisotopic (exact) mass is 257 g/mol. The smallest absolute Gasteiger partial charge is 0.306 e. The van der Waals surface area contributed by atoms with Crippen LogP contribution in [0.4, 0.5) is 0 Å². The molecule has 2 aliphatic rings. The maximum atomic E-state index is 10.7. The van der Waals surface area contributed by atoms with E-state index in [1.54, 1.807) is 0 Å². The second-order valence-corrected chi connectivity index (χ2v) is 5.37. The molecule has 0 aliphatic carbocycles. The van der Waals surface area contributed by atoms with Crippen LogP contribution in [0.2, 0.25) is 0 Å². The number of carbonyl (C=O) groups is 1. The second-order valence-electron chi connectivity index (χ2n) is 5.37. The van der Waals surface area contributed by atoms with Crippen molar-refractivity contribution in [2.45, 2.75) is 45.0 Å². The van der Waals surface area contributed by atoms with Gasteiger partial charge in [0.25, 0.3) is 0 Å². The number of nitrogens with zero attached hydrogens (tertiary/aromatic N) is 1. The van der Waals surface area contributed by atoms with Crippen LogP contribution >= 0.6 is 0 Å². The van der Waals surface area contributed by atoms with Crippen molar-refractivity contribution >= 4 is 5.97 Å². The third kappa shape index (κ3) is 3.02. The summed E-state index contributed by atoms with van der Waals surface area (Å²) in [6, 6.07) is 0. The van der Waals surface area contributed by atoms with E-state index < -0.39 is 11.8 Å². The first-order valence-electron chi connectivity index (χ1n) is 6.79. The third-order valence-electron chi connectivity index (χ3n) is 4.14. The number of rotatable bonds is 4. The molecular formula is C13H23NO4. The Morgan fingerprint density at radius 1 is 1.44 bits per heavy atom. The van der Waals surface area contributed by atoms with E-state index in [0.717, 1.165) is 32.5 Å². The van der Waals surface area contributed by atoms with E-state index in [2.05, 4.69) is 11.8 Å². The molecule has 0 aromatic rings. The fourth-order valence-corrected chi connectivity index (χ4v) is 2.94. The van der Waals surface area contributed by atoms with Gasteiger partial charge >= 0.3 is 5.97 Å². The lowest BCUT2D eigenvalue weighted by molar-refractivity contribution is -0.201. The molecule has 2 aliphatic heterocycles. The van der Waals surface area contributed by atoms with Crippen LogP contribution in [0.5, 0.6) is 0 Å². The molecule has 2 heterocycles. The highest BCUT2D eigenvalue weighted by atomic mass is 16.7. The molecule has 2 unspecified atom stereocenters. The number of carboxylic acid groups (broad SMARTS) is 1. The first-order valence-corrected chi connectivity index (χ1v) is 6.79. The van der Waals surface area contributed by atoms with Crippen LogP contribution < -0.4 is 0 Å². The van der Waals surface area contributed by atoms with Crippen LogP contribution in [0.1, 0.15) is 33.1 Å². The molecule has 1 N–H and O–H groups in total. The number of piperidine rings is 1. The first-order chi connectivity index (χ1) is 8.53. The van der Waals surface area contributed by atoms with Crippen LogP contribution in [0, 0.1) is 5.92 Å². The van der Waals surface area contributed by atoms with Crippen molar-refractivity contribution in [1.82, 2.24) is 4.90 Å². The molecule has 0 spiro atoms. The highest BCUT2D eigenvalue weighted by Crippen LogP contribution is 2.37. The zero-order valence-corrected chi connectivity index (χ0v) is 11.2. The summed E-state index contributed by atoms with van der Waals surface area (Å²) in [4.78, 5) is 13.1. The molecule has 18 heavy (non-hydrogen) atoms. The van der Waals surface area contributed by atoms with E-state index in [-0.39, 0.29) is 12.5 Å².